The molecule has 1 rings (SSSR count). The first kappa shape index (κ1) is 15.4. The predicted octanol–water partition coefficient (Wildman–Crippen LogP) is -2.67. The molecular formula is C7H3INNaO6. The molecule has 1 aromatic carbocycles. The average Bonchev–Trinajstić information content (AvgIpc) is 2.16. The third-order valence-corrected chi connectivity index (χ3v) is 3.39. The Morgan fingerprint density at radius 1 is 1.31 bits per heavy atom. The van der Waals surface area contributed by atoms with Gasteiger partial charge in [-0.1, -0.05) is 0 Å². The number of benzene rings is 1. The smallest absolute Gasteiger partial charge is 0.545 e. The number of carbonyl (C=O) groups is 1. The minimum absolute atomic E-state index is 0. The van der Waals surface area contributed by atoms with Crippen molar-refractivity contribution in [3.63, 3.8) is 0 Å². The Kier molecular flexibility index (Phi) is 6.00. The second-order valence-corrected chi connectivity index (χ2v) is 4.83. The maximum Gasteiger partial charge on any atom is 1.00 e. The summed E-state index contributed by atoms with van der Waals surface area (Å²) in [6, 6.07) is 2.48. The fourth-order valence-corrected chi connectivity index (χ4v) is 2.36. The van der Waals surface area contributed by atoms with Gasteiger partial charge >= 0.3 is 49.4 Å². The van der Waals surface area contributed by atoms with Gasteiger partial charge in [0.1, 0.15) is 0 Å². The number of halogens is 1. The van der Waals surface area contributed by atoms with Gasteiger partial charge in [-0.3, -0.25) is 10.1 Å². The van der Waals surface area contributed by atoms with E-state index in [0.717, 1.165) is 18.2 Å². The van der Waals surface area contributed by atoms with E-state index >= 15 is 0 Å². The Bertz CT molecular complexity index is 504. The first-order valence-corrected chi connectivity index (χ1v) is 6.32. The van der Waals surface area contributed by atoms with Crippen molar-refractivity contribution in [3.05, 3.63) is 37.4 Å². The molecule has 0 radical (unpaired) electrons. The molecule has 16 heavy (non-hydrogen) atoms. The van der Waals surface area contributed by atoms with E-state index in [-0.39, 0.29) is 29.6 Å². The van der Waals surface area contributed by atoms with Crippen molar-refractivity contribution in [2.75, 3.05) is 0 Å². The van der Waals surface area contributed by atoms with E-state index in [1.807, 2.05) is 0 Å². The Balaban J connectivity index is 0.00000225. The van der Waals surface area contributed by atoms with Crippen LogP contribution in [0.15, 0.2) is 18.2 Å². The third-order valence-electron chi connectivity index (χ3n) is 1.55. The maximum atomic E-state index is 10.7. The van der Waals surface area contributed by atoms with Crippen molar-refractivity contribution in [1.82, 2.24) is 0 Å². The van der Waals surface area contributed by atoms with Crippen LogP contribution < -0.4 is 34.7 Å². The molecule has 80 valence electrons. The van der Waals surface area contributed by atoms with Crippen molar-refractivity contribution < 1.29 is 50.5 Å². The number of carboxylic acids is 1. The van der Waals surface area contributed by atoms with Gasteiger partial charge in [-0.2, -0.15) is 0 Å². The van der Waals surface area contributed by atoms with Crippen LogP contribution in [0.1, 0.15) is 10.4 Å². The van der Waals surface area contributed by atoms with Crippen LogP contribution in [0.3, 0.4) is 0 Å². The summed E-state index contributed by atoms with van der Waals surface area (Å²) >= 11 is -4.09. The molecule has 1 aromatic rings. The molecule has 0 spiro atoms. The van der Waals surface area contributed by atoms with Gasteiger partial charge in [-0.15, -0.1) is 0 Å². The van der Waals surface area contributed by atoms with E-state index in [1.165, 1.54) is 0 Å². The molecule has 0 aromatic heterocycles. The molecule has 0 heterocycles. The predicted molar refractivity (Wildman–Crippen MR) is 51.5 cm³/mol. The molecule has 0 aliphatic heterocycles. The van der Waals surface area contributed by atoms with Crippen molar-refractivity contribution in [2.24, 2.45) is 0 Å². The summed E-state index contributed by atoms with van der Waals surface area (Å²) in [4.78, 5) is 20.0. The van der Waals surface area contributed by atoms with Gasteiger partial charge in [-0.25, -0.2) is 6.14 Å². The summed E-state index contributed by atoms with van der Waals surface area (Å²) in [5.74, 6) is -1.67. The Morgan fingerprint density at radius 2 is 1.88 bits per heavy atom. The summed E-state index contributed by atoms with van der Waals surface area (Å²) in [5, 5.41) is 20.8. The zero-order valence-corrected chi connectivity index (χ0v) is 12.2. The first-order valence-electron chi connectivity index (χ1n) is 3.48. The van der Waals surface area contributed by atoms with E-state index in [1.54, 1.807) is 0 Å². The summed E-state index contributed by atoms with van der Waals surface area (Å²) in [5.41, 5.74) is -1.01. The number of aromatic carboxylic acids is 1. The average molecular weight is 347 g/mol. The number of nitrogens with zero attached hydrogens (tertiary/aromatic N) is 1. The number of hydrogen-bond acceptors (Lipinski definition) is 6. The molecule has 0 aliphatic carbocycles. The van der Waals surface area contributed by atoms with Crippen LogP contribution in [0.5, 0.6) is 0 Å². The third kappa shape index (κ3) is 3.47. The van der Waals surface area contributed by atoms with Crippen LogP contribution in [0, 0.1) is 13.7 Å². The van der Waals surface area contributed by atoms with Crippen LogP contribution in [0.4, 0.5) is 5.69 Å². The molecule has 0 amide bonds. The van der Waals surface area contributed by atoms with Gasteiger partial charge in [-0.05, 0) is 6.07 Å². The molecule has 0 saturated heterocycles. The first-order chi connectivity index (χ1) is 6.93. The van der Waals surface area contributed by atoms with Crippen LogP contribution in [-0.4, -0.2) is 10.9 Å². The normalized spacial score (nSPS) is 9.56. The summed E-state index contributed by atoms with van der Waals surface area (Å²) < 4.78 is 20.9. The monoisotopic (exact) mass is 347 g/mol. The fraction of sp³-hybridized carbons (Fsp3) is 0. The van der Waals surface area contributed by atoms with E-state index in [4.69, 9.17) is 0 Å². The molecule has 0 N–H and O–H groups in total. The summed E-state index contributed by atoms with van der Waals surface area (Å²) in [6.07, 6.45) is 0. The van der Waals surface area contributed by atoms with Crippen molar-refractivity contribution in [3.8, 4) is 0 Å². The van der Waals surface area contributed by atoms with Crippen molar-refractivity contribution in [1.29, 1.82) is 0 Å². The standard InChI is InChI=1S/C7H4INO6.Na/c10-7(11)5-2-1-4(9(14)15)3-6(5)8(12)13;/h1-3H,(H,10,11);/q;+1/p-1. The Labute approximate surface area is 118 Å². The maximum absolute atomic E-state index is 10.7. The number of carbonyl (C=O) groups excluding carboxylic acids is 1. The van der Waals surface area contributed by atoms with Gasteiger partial charge in [0.05, 0.1) is 14.5 Å². The van der Waals surface area contributed by atoms with E-state index in [9.17, 15) is 26.2 Å². The number of carboxylic acid groups (broad SMARTS) is 1. The van der Waals surface area contributed by atoms with Gasteiger partial charge in [0, 0.05) is 17.7 Å². The number of hydrogen-bond donors (Lipinski definition) is 0. The van der Waals surface area contributed by atoms with Crippen molar-refractivity contribution in [2.45, 2.75) is 0 Å². The molecule has 7 nitrogen and oxygen atoms in total. The molecule has 0 unspecified atom stereocenters. The van der Waals surface area contributed by atoms with Gasteiger partial charge < -0.3 is 9.90 Å². The van der Waals surface area contributed by atoms with E-state index < -0.39 is 45.5 Å². The van der Waals surface area contributed by atoms with Crippen LogP contribution in [0.25, 0.3) is 0 Å². The number of nitro benzene ring substituents is 1. The molecule has 0 atom stereocenters. The molecule has 0 bridgehead atoms. The number of nitro groups is 1. The molecule has 0 aliphatic rings. The zero-order chi connectivity index (χ0) is 11.6. The molecule has 0 fully saturated rings. The van der Waals surface area contributed by atoms with Crippen LogP contribution >= 0.6 is 19.8 Å². The van der Waals surface area contributed by atoms with Gasteiger partial charge in [0.2, 0.25) is 0 Å². The summed E-state index contributed by atoms with van der Waals surface area (Å²) in [6.45, 7) is 0. The van der Waals surface area contributed by atoms with Crippen LogP contribution in [-0.2, 0) is 6.14 Å². The number of non-ortho nitro benzene ring substituents is 1. The minimum atomic E-state index is -4.09. The van der Waals surface area contributed by atoms with Crippen LogP contribution in [0.2, 0.25) is 0 Å². The van der Waals surface area contributed by atoms with Crippen molar-refractivity contribution >= 4 is 31.4 Å². The quantitative estimate of drug-likeness (QED) is 0.255. The van der Waals surface area contributed by atoms with E-state index in [2.05, 4.69) is 0 Å². The van der Waals surface area contributed by atoms with Gasteiger partial charge in [0.15, 0.2) is 0 Å². The zero-order valence-electron chi connectivity index (χ0n) is 8.01. The SMILES string of the molecule is O=C([O-])c1ccc([N+](=O)[O-])cc1I(=O)=O.[Na+]. The second-order valence-electron chi connectivity index (χ2n) is 2.43. The summed E-state index contributed by atoms with van der Waals surface area (Å²) in [7, 11) is 0. The van der Waals surface area contributed by atoms with Gasteiger partial charge in [0.25, 0.3) is 5.69 Å². The Hall–Kier alpha value is -0.580. The van der Waals surface area contributed by atoms with E-state index in [0.29, 0.717) is 0 Å². The Morgan fingerprint density at radius 3 is 2.25 bits per heavy atom. The minimum Gasteiger partial charge on any atom is -0.545 e. The molecule has 9 heteroatoms. The number of rotatable bonds is 3. The largest absolute Gasteiger partial charge is 1.00 e. The molecule has 0 saturated carbocycles. The molecular weight excluding hydrogens is 344 g/mol. The second kappa shape index (κ2) is 6.23. The topological polar surface area (TPSA) is 117 Å². The fourth-order valence-electron chi connectivity index (χ4n) is 0.911.